The Kier molecular flexibility index (Phi) is 4.56. The molecule has 0 heterocycles. The molecule has 0 spiro atoms. The Balaban J connectivity index is 2.65. The first-order valence-electron chi connectivity index (χ1n) is 1.08. The average Bonchev–Trinajstić information content (AvgIpc) is 1.41. The first kappa shape index (κ1) is 5.30. The third-order valence-electron chi connectivity index (χ3n) is 0.141. The summed E-state index contributed by atoms with van der Waals surface area (Å²) in [5.74, 6) is 0. The summed E-state index contributed by atoms with van der Waals surface area (Å²) in [5, 5.41) is 0. The van der Waals surface area contributed by atoms with Crippen LogP contribution in [0.4, 0.5) is 0 Å². The van der Waals surface area contributed by atoms with E-state index in [0.29, 0.717) is 0 Å². The SMILES string of the molecule is C=PNP=C. The van der Waals surface area contributed by atoms with Gasteiger partial charge in [-0.3, -0.25) is 0 Å². The summed E-state index contributed by atoms with van der Waals surface area (Å²) in [4.78, 5) is 2.83. The molecule has 0 amide bonds. The molecule has 3 heteroatoms. The molecule has 1 nitrogen and oxygen atoms in total. The van der Waals surface area contributed by atoms with Crippen LogP contribution in [-0.2, 0) is 0 Å². The summed E-state index contributed by atoms with van der Waals surface area (Å²) in [5.41, 5.74) is 0. The van der Waals surface area contributed by atoms with Gasteiger partial charge in [0.1, 0.15) is 0 Å². The quantitative estimate of drug-likeness (QED) is 0.519. The molecule has 0 saturated heterocycles. The summed E-state index contributed by atoms with van der Waals surface area (Å²) >= 11 is 0. The molecule has 0 aromatic rings. The highest BCUT2D eigenvalue weighted by Crippen LogP contribution is 1.87. The van der Waals surface area contributed by atoms with E-state index in [-0.39, 0.29) is 0 Å². The van der Waals surface area contributed by atoms with Gasteiger partial charge in [-0.2, -0.15) is 0 Å². The summed E-state index contributed by atoms with van der Waals surface area (Å²) < 4.78 is 0. The number of rotatable bonds is 2. The van der Waals surface area contributed by atoms with E-state index in [0.717, 1.165) is 16.7 Å². The topological polar surface area (TPSA) is 12.0 Å². The summed E-state index contributed by atoms with van der Waals surface area (Å²) in [6.45, 7) is 0. The van der Waals surface area contributed by atoms with Gasteiger partial charge in [-0.25, -0.2) is 4.86 Å². The van der Waals surface area contributed by atoms with Gasteiger partial charge in [0.2, 0.25) is 0 Å². The van der Waals surface area contributed by atoms with E-state index in [4.69, 9.17) is 0 Å². The minimum Gasteiger partial charge on any atom is -0.223 e. The highest BCUT2D eigenvalue weighted by molar-refractivity contribution is 7.50. The average molecular weight is 105 g/mol. The fourth-order valence-corrected chi connectivity index (χ4v) is 0.450. The summed E-state index contributed by atoms with van der Waals surface area (Å²) in [6.07, 6.45) is 6.98. The maximum absolute atomic E-state index is 3.49. The lowest BCUT2D eigenvalue weighted by Crippen LogP contribution is -1.64. The Bertz CT molecular complexity index is 36.9. The van der Waals surface area contributed by atoms with Crippen molar-refractivity contribution in [2.24, 2.45) is 0 Å². The van der Waals surface area contributed by atoms with Gasteiger partial charge in [-0.05, 0) is 16.7 Å². The van der Waals surface area contributed by atoms with Gasteiger partial charge in [-0.1, -0.05) is 12.6 Å². The predicted molar refractivity (Wildman–Crippen MR) is 31.2 cm³/mol. The van der Waals surface area contributed by atoms with Gasteiger partial charge < -0.3 is 0 Å². The van der Waals surface area contributed by atoms with Crippen LogP contribution >= 0.6 is 16.7 Å². The zero-order valence-electron chi connectivity index (χ0n) is 2.81. The van der Waals surface area contributed by atoms with Crippen LogP contribution in [0.5, 0.6) is 0 Å². The second-order valence-corrected chi connectivity index (χ2v) is 1.85. The van der Waals surface area contributed by atoms with Crippen LogP contribution in [0.25, 0.3) is 0 Å². The van der Waals surface area contributed by atoms with Crippen molar-refractivity contribution in [3.05, 3.63) is 0 Å². The van der Waals surface area contributed by atoms with Crippen molar-refractivity contribution in [2.75, 3.05) is 0 Å². The van der Waals surface area contributed by atoms with Crippen molar-refractivity contribution in [3.63, 3.8) is 0 Å². The third kappa shape index (κ3) is 4.30. The minimum absolute atomic E-state index is 0.955. The Morgan fingerprint density at radius 3 is 1.60 bits per heavy atom. The number of hydrogen-bond acceptors (Lipinski definition) is 1. The molecule has 0 aliphatic carbocycles. The van der Waals surface area contributed by atoms with Crippen LogP contribution in [-0.4, -0.2) is 12.6 Å². The van der Waals surface area contributed by atoms with Crippen LogP contribution in [0.3, 0.4) is 0 Å². The lowest BCUT2D eigenvalue weighted by atomic mass is 12.0. The molecular weight excluding hydrogens is 100.0 g/mol. The fourth-order valence-electron chi connectivity index (χ4n) is 0.0500. The summed E-state index contributed by atoms with van der Waals surface area (Å²) in [6, 6.07) is 0. The number of nitrogens with one attached hydrogen (secondary N) is 1. The van der Waals surface area contributed by atoms with Crippen molar-refractivity contribution < 1.29 is 0 Å². The van der Waals surface area contributed by atoms with E-state index in [1.165, 1.54) is 0 Å². The van der Waals surface area contributed by atoms with E-state index >= 15 is 0 Å². The predicted octanol–water partition coefficient (Wildman–Crippen LogP) is 1.16. The van der Waals surface area contributed by atoms with Crippen LogP contribution in [0.2, 0.25) is 0 Å². The summed E-state index contributed by atoms with van der Waals surface area (Å²) in [7, 11) is 1.91. The third-order valence-corrected chi connectivity index (χ3v) is 1.27. The zero-order valence-corrected chi connectivity index (χ0v) is 4.60. The molecule has 0 aromatic heterocycles. The minimum atomic E-state index is 0.955. The van der Waals surface area contributed by atoms with E-state index in [1.807, 2.05) is 0 Å². The van der Waals surface area contributed by atoms with Gasteiger partial charge in [0.05, 0.1) is 0 Å². The van der Waals surface area contributed by atoms with Crippen LogP contribution in [0.15, 0.2) is 0 Å². The Hall–Kier alpha value is 0.300. The monoisotopic (exact) mass is 105 g/mol. The molecule has 0 unspecified atom stereocenters. The lowest BCUT2D eigenvalue weighted by Gasteiger charge is -1.69. The van der Waals surface area contributed by atoms with Gasteiger partial charge in [0, 0.05) is 0 Å². The van der Waals surface area contributed by atoms with Crippen molar-refractivity contribution in [3.8, 4) is 0 Å². The van der Waals surface area contributed by atoms with Crippen molar-refractivity contribution in [1.82, 2.24) is 4.86 Å². The van der Waals surface area contributed by atoms with Gasteiger partial charge in [0.15, 0.2) is 0 Å². The second kappa shape index (κ2) is 4.30. The largest absolute Gasteiger partial charge is 0.223 e. The molecular formula is C2H5NP2. The lowest BCUT2D eigenvalue weighted by molar-refractivity contribution is 1.77. The van der Waals surface area contributed by atoms with E-state index in [9.17, 15) is 0 Å². The van der Waals surface area contributed by atoms with Crippen molar-refractivity contribution in [2.45, 2.75) is 0 Å². The fraction of sp³-hybridized carbons (Fsp3) is 0. The van der Waals surface area contributed by atoms with Gasteiger partial charge in [-0.15, -0.1) is 0 Å². The molecule has 0 rings (SSSR count). The zero-order chi connectivity index (χ0) is 4.12. The van der Waals surface area contributed by atoms with Crippen LogP contribution < -0.4 is 4.86 Å². The van der Waals surface area contributed by atoms with Crippen LogP contribution in [0.1, 0.15) is 0 Å². The Morgan fingerprint density at radius 2 is 1.60 bits per heavy atom. The smallest absolute Gasteiger partial charge is 0.0207 e. The normalized spacial score (nSPS) is 9.60. The standard InChI is InChI=1S/C2H5NP2/c1-4-3-5-2/h3H,1-2H2. The maximum atomic E-state index is 3.49. The molecule has 1 N–H and O–H groups in total. The second-order valence-electron chi connectivity index (χ2n) is 0.416. The molecule has 0 bridgehead atoms. The van der Waals surface area contributed by atoms with Gasteiger partial charge >= 0.3 is 0 Å². The molecule has 0 aliphatic heterocycles. The van der Waals surface area contributed by atoms with Crippen LogP contribution in [0, 0.1) is 0 Å². The molecule has 0 fully saturated rings. The number of hydrogen-bond donors (Lipinski definition) is 1. The molecule has 0 aromatic carbocycles. The molecule has 0 atom stereocenters. The first-order chi connectivity index (χ1) is 2.41. The highest BCUT2D eigenvalue weighted by atomic mass is 31.1. The molecule has 0 radical (unpaired) electrons. The first-order valence-corrected chi connectivity index (χ1v) is 3.24. The Labute approximate surface area is 35.1 Å². The Morgan fingerprint density at radius 1 is 1.20 bits per heavy atom. The van der Waals surface area contributed by atoms with Crippen molar-refractivity contribution in [1.29, 1.82) is 0 Å². The van der Waals surface area contributed by atoms with E-state index < -0.39 is 0 Å². The highest BCUT2D eigenvalue weighted by Gasteiger charge is 1.48. The van der Waals surface area contributed by atoms with Crippen molar-refractivity contribution >= 4 is 29.3 Å². The maximum Gasteiger partial charge on any atom is -0.0207 e. The molecule has 0 aliphatic rings. The van der Waals surface area contributed by atoms with Gasteiger partial charge in [0.25, 0.3) is 0 Å². The molecule has 28 valence electrons. The molecule has 0 saturated carbocycles. The van der Waals surface area contributed by atoms with E-state index in [1.54, 1.807) is 0 Å². The van der Waals surface area contributed by atoms with E-state index in [2.05, 4.69) is 17.5 Å². The molecule has 5 heavy (non-hydrogen) atoms.